The Bertz CT molecular complexity index is 153. The zero-order chi connectivity index (χ0) is 9.57. The highest BCUT2D eigenvalue weighted by Crippen LogP contribution is 2.26. The second-order valence-electron chi connectivity index (χ2n) is 3.90. The van der Waals surface area contributed by atoms with Crippen LogP contribution in [0.4, 0.5) is 0 Å². The van der Waals surface area contributed by atoms with E-state index in [0.29, 0.717) is 6.54 Å². The van der Waals surface area contributed by atoms with Crippen molar-refractivity contribution in [1.29, 1.82) is 0 Å². The predicted molar refractivity (Wildman–Crippen MR) is 53.6 cm³/mol. The number of nitrogens with one attached hydrogen (secondary N) is 1. The van der Waals surface area contributed by atoms with Gasteiger partial charge in [-0.3, -0.25) is 0 Å². The Kier molecular flexibility index (Phi) is 4.39. The van der Waals surface area contributed by atoms with Crippen LogP contribution in [0.3, 0.4) is 0 Å². The zero-order valence-electron chi connectivity index (χ0n) is 8.22. The lowest BCUT2D eigenvalue weighted by Gasteiger charge is -2.33. The molecule has 0 bridgehead atoms. The van der Waals surface area contributed by atoms with Crippen LogP contribution in [-0.2, 0) is 4.79 Å². The molecule has 1 rings (SSSR count). The lowest BCUT2D eigenvalue weighted by atomic mass is 9.83. The van der Waals surface area contributed by atoms with E-state index in [1.807, 2.05) is 0 Å². The van der Waals surface area contributed by atoms with Gasteiger partial charge >= 0.3 is 0 Å². The lowest BCUT2D eigenvalue weighted by molar-refractivity contribution is -0.114. The van der Waals surface area contributed by atoms with Crippen LogP contribution in [0.5, 0.6) is 0 Å². The molecule has 0 spiro atoms. The largest absolute Gasteiger partial charge is 0.330 e. The van der Waals surface area contributed by atoms with Crippen LogP contribution >= 0.6 is 0 Å². The van der Waals surface area contributed by atoms with Gasteiger partial charge in [0, 0.05) is 0 Å². The van der Waals surface area contributed by atoms with Gasteiger partial charge in [0.25, 0.3) is 0 Å². The summed E-state index contributed by atoms with van der Waals surface area (Å²) in [6, 6.07) is 0. The normalized spacial score (nSPS) is 21.3. The molecular formula is C10H20N2O. The van der Waals surface area contributed by atoms with Gasteiger partial charge < -0.3 is 15.8 Å². The number of aldehydes is 1. The molecule has 0 aromatic heterocycles. The van der Waals surface area contributed by atoms with E-state index in [4.69, 9.17) is 5.73 Å². The summed E-state index contributed by atoms with van der Waals surface area (Å²) in [5.41, 5.74) is 5.19. The van der Waals surface area contributed by atoms with E-state index in [2.05, 4.69) is 5.32 Å². The first-order chi connectivity index (χ1) is 6.33. The van der Waals surface area contributed by atoms with Crippen molar-refractivity contribution in [3.8, 4) is 0 Å². The zero-order valence-corrected chi connectivity index (χ0v) is 8.22. The van der Waals surface area contributed by atoms with E-state index in [1.54, 1.807) is 0 Å². The first-order valence-electron chi connectivity index (χ1n) is 5.24. The van der Waals surface area contributed by atoms with Gasteiger partial charge in [-0.2, -0.15) is 0 Å². The van der Waals surface area contributed by atoms with E-state index in [1.165, 1.54) is 19.3 Å². The Labute approximate surface area is 80.1 Å². The van der Waals surface area contributed by atoms with Gasteiger partial charge in [0.05, 0.1) is 5.54 Å². The first-order valence-corrected chi connectivity index (χ1v) is 5.24. The number of hydrogen-bond donors (Lipinski definition) is 2. The fourth-order valence-corrected chi connectivity index (χ4v) is 1.96. The monoisotopic (exact) mass is 184 g/mol. The van der Waals surface area contributed by atoms with Crippen LogP contribution in [0, 0.1) is 0 Å². The van der Waals surface area contributed by atoms with Crippen LogP contribution in [-0.4, -0.2) is 24.9 Å². The van der Waals surface area contributed by atoms with Crippen molar-refractivity contribution >= 4 is 6.29 Å². The quantitative estimate of drug-likeness (QED) is 0.491. The number of carbonyl (C=O) groups is 1. The summed E-state index contributed by atoms with van der Waals surface area (Å²) < 4.78 is 0. The van der Waals surface area contributed by atoms with E-state index >= 15 is 0 Å². The molecule has 13 heavy (non-hydrogen) atoms. The van der Waals surface area contributed by atoms with Gasteiger partial charge in [0.15, 0.2) is 0 Å². The maximum Gasteiger partial charge on any atom is 0.140 e. The van der Waals surface area contributed by atoms with Crippen molar-refractivity contribution in [2.75, 3.05) is 13.1 Å². The molecule has 1 saturated carbocycles. The number of nitrogens with two attached hydrogens (primary N) is 1. The average Bonchev–Trinajstić information content (AvgIpc) is 2.20. The highest BCUT2D eigenvalue weighted by atomic mass is 16.1. The summed E-state index contributed by atoms with van der Waals surface area (Å²) >= 11 is 0. The van der Waals surface area contributed by atoms with Crippen molar-refractivity contribution in [2.45, 2.75) is 44.1 Å². The molecule has 76 valence electrons. The molecule has 1 fully saturated rings. The minimum Gasteiger partial charge on any atom is -0.330 e. The SMILES string of the molecule is NCCCNC1(C=O)CCCCC1. The molecule has 0 aromatic carbocycles. The summed E-state index contributed by atoms with van der Waals surface area (Å²) in [6.45, 7) is 1.57. The average molecular weight is 184 g/mol. The highest BCUT2D eigenvalue weighted by molar-refractivity contribution is 5.64. The number of rotatable bonds is 5. The van der Waals surface area contributed by atoms with E-state index in [0.717, 1.165) is 32.1 Å². The standard InChI is InChI=1S/C10H20N2O/c11-7-4-8-12-10(9-13)5-2-1-3-6-10/h9,12H,1-8,11H2. The molecule has 0 amide bonds. The van der Waals surface area contributed by atoms with Crippen LogP contribution in [0.25, 0.3) is 0 Å². The third-order valence-corrected chi connectivity index (χ3v) is 2.83. The van der Waals surface area contributed by atoms with Crippen LogP contribution in [0.2, 0.25) is 0 Å². The molecule has 0 unspecified atom stereocenters. The van der Waals surface area contributed by atoms with Gasteiger partial charge in [-0.25, -0.2) is 0 Å². The maximum absolute atomic E-state index is 11.0. The molecule has 0 aliphatic heterocycles. The van der Waals surface area contributed by atoms with Crippen molar-refractivity contribution in [2.24, 2.45) is 5.73 Å². The highest BCUT2D eigenvalue weighted by Gasteiger charge is 2.30. The molecule has 0 radical (unpaired) electrons. The van der Waals surface area contributed by atoms with Gasteiger partial charge in [-0.05, 0) is 32.4 Å². The minimum absolute atomic E-state index is 0.215. The topological polar surface area (TPSA) is 55.1 Å². The van der Waals surface area contributed by atoms with E-state index < -0.39 is 0 Å². The smallest absolute Gasteiger partial charge is 0.140 e. The van der Waals surface area contributed by atoms with Crippen molar-refractivity contribution in [3.05, 3.63) is 0 Å². The van der Waals surface area contributed by atoms with Crippen molar-refractivity contribution < 1.29 is 4.79 Å². The summed E-state index contributed by atoms with van der Waals surface area (Å²) in [5, 5.41) is 3.34. The van der Waals surface area contributed by atoms with Crippen molar-refractivity contribution in [1.82, 2.24) is 5.32 Å². The molecule has 3 nitrogen and oxygen atoms in total. The Morgan fingerprint density at radius 2 is 2.00 bits per heavy atom. The Hall–Kier alpha value is -0.410. The molecule has 3 heteroatoms. The predicted octanol–water partition coefficient (Wildman–Crippen LogP) is 0.827. The Morgan fingerprint density at radius 3 is 2.54 bits per heavy atom. The molecular weight excluding hydrogens is 164 g/mol. The lowest BCUT2D eigenvalue weighted by Crippen LogP contribution is -2.48. The second-order valence-corrected chi connectivity index (χ2v) is 3.90. The Morgan fingerprint density at radius 1 is 1.31 bits per heavy atom. The van der Waals surface area contributed by atoms with Crippen LogP contribution in [0.15, 0.2) is 0 Å². The molecule has 0 aromatic rings. The molecule has 0 saturated heterocycles. The number of carbonyl (C=O) groups excluding carboxylic acids is 1. The molecule has 3 N–H and O–H groups in total. The van der Waals surface area contributed by atoms with E-state index in [-0.39, 0.29) is 5.54 Å². The third kappa shape index (κ3) is 3.08. The molecule has 0 heterocycles. The fourth-order valence-electron chi connectivity index (χ4n) is 1.96. The van der Waals surface area contributed by atoms with E-state index in [9.17, 15) is 4.79 Å². The first kappa shape index (κ1) is 10.7. The summed E-state index contributed by atoms with van der Waals surface area (Å²) in [7, 11) is 0. The summed E-state index contributed by atoms with van der Waals surface area (Å²) in [5.74, 6) is 0. The molecule has 1 aliphatic rings. The van der Waals surface area contributed by atoms with Crippen molar-refractivity contribution in [3.63, 3.8) is 0 Å². The fraction of sp³-hybridized carbons (Fsp3) is 0.900. The number of hydrogen-bond acceptors (Lipinski definition) is 3. The van der Waals surface area contributed by atoms with Gasteiger partial charge in [0.1, 0.15) is 6.29 Å². The van der Waals surface area contributed by atoms with Gasteiger partial charge in [-0.15, -0.1) is 0 Å². The minimum atomic E-state index is -0.215. The van der Waals surface area contributed by atoms with Gasteiger partial charge in [0.2, 0.25) is 0 Å². The summed E-state index contributed by atoms with van der Waals surface area (Å²) in [4.78, 5) is 11.0. The maximum atomic E-state index is 11.0. The molecule has 1 aliphatic carbocycles. The molecule has 0 atom stereocenters. The second kappa shape index (κ2) is 5.35. The van der Waals surface area contributed by atoms with Crippen LogP contribution < -0.4 is 11.1 Å². The third-order valence-electron chi connectivity index (χ3n) is 2.83. The van der Waals surface area contributed by atoms with Gasteiger partial charge in [-0.1, -0.05) is 19.3 Å². The Balaban J connectivity index is 2.33. The van der Waals surface area contributed by atoms with Crippen LogP contribution in [0.1, 0.15) is 38.5 Å². The summed E-state index contributed by atoms with van der Waals surface area (Å²) in [6.07, 6.45) is 7.68.